The maximum atomic E-state index is 13.3. The average Bonchev–Trinajstić information content (AvgIpc) is 3.46. The fourth-order valence-corrected chi connectivity index (χ4v) is 5.52. The highest BCUT2D eigenvalue weighted by molar-refractivity contribution is 7.90. The SMILES string of the molecule is CS(=O)(=O)c1ccc2nc(NC(=O)[C@@H]3Cc4ccccc4CN3C(=O)c3ccco3)sc2c1. The highest BCUT2D eigenvalue weighted by Crippen LogP contribution is 2.30. The molecule has 0 bridgehead atoms. The summed E-state index contributed by atoms with van der Waals surface area (Å²) in [5.74, 6) is -0.566. The number of amides is 2. The minimum absolute atomic E-state index is 0.167. The van der Waals surface area contributed by atoms with E-state index in [9.17, 15) is 18.0 Å². The van der Waals surface area contributed by atoms with Crippen LogP contribution in [-0.2, 0) is 27.6 Å². The number of nitrogens with zero attached hydrogens (tertiary/aromatic N) is 2. The van der Waals surface area contributed by atoms with E-state index in [1.807, 2.05) is 24.3 Å². The molecule has 0 saturated heterocycles. The Labute approximate surface area is 193 Å². The number of rotatable bonds is 4. The summed E-state index contributed by atoms with van der Waals surface area (Å²) in [4.78, 5) is 32.5. The van der Waals surface area contributed by atoms with Gasteiger partial charge >= 0.3 is 0 Å². The normalized spacial score (nSPS) is 15.9. The highest BCUT2D eigenvalue weighted by atomic mass is 32.2. The van der Waals surface area contributed by atoms with Crippen molar-refractivity contribution < 1.29 is 22.4 Å². The van der Waals surface area contributed by atoms with Crippen molar-refractivity contribution in [1.82, 2.24) is 9.88 Å². The van der Waals surface area contributed by atoms with Gasteiger partial charge in [0.25, 0.3) is 5.91 Å². The van der Waals surface area contributed by atoms with E-state index in [1.165, 1.54) is 28.6 Å². The summed E-state index contributed by atoms with van der Waals surface area (Å²) in [5.41, 5.74) is 2.57. The van der Waals surface area contributed by atoms with E-state index in [1.54, 1.807) is 24.3 Å². The van der Waals surface area contributed by atoms with Gasteiger partial charge in [-0.15, -0.1) is 0 Å². The van der Waals surface area contributed by atoms with Crippen molar-refractivity contribution in [2.24, 2.45) is 0 Å². The van der Waals surface area contributed by atoms with E-state index in [0.717, 1.165) is 17.4 Å². The molecular weight excluding hydrogens is 462 g/mol. The monoisotopic (exact) mass is 481 g/mol. The van der Waals surface area contributed by atoms with Crippen LogP contribution in [0.5, 0.6) is 0 Å². The molecule has 0 saturated carbocycles. The Bertz CT molecular complexity index is 1480. The van der Waals surface area contributed by atoms with E-state index in [2.05, 4.69) is 10.3 Å². The standard InChI is InChI=1S/C23H19N3O5S2/c1-33(29,30)16-8-9-17-20(12-16)32-23(24-17)25-21(27)18-11-14-5-2-3-6-15(14)13-26(18)22(28)19-7-4-10-31-19/h2-10,12,18H,11,13H2,1H3,(H,24,25,27)/t18-/m0/s1. The van der Waals surface area contributed by atoms with Crippen molar-refractivity contribution in [3.63, 3.8) is 0 Å². The van der Waals surface area contributed by atoms with Gasteiger partial charge in [0.1, 0.15) is 6.04 Å². The zero-order chi connectivity index (χ0) is 23.2. The third-order valence-electron chi connectivity index (χ3n) is 5.56. The van der Waals surface area contributed by atoms with Gasteiger partial charge in [0.05, 0.1) is 21.4 Å². The fraction of sp³-hybridized carbons (Fsp3) is 0.174. The molecule has 1 N–H and O–H groups in total. The molecule has 0 aliphatic carbocycles. The van der Waals surface area contributed by atoms with Gasteiger partial charge in [-0.3, -0.25) is 9.59 Å². The van der Waals surface area contributed by atoms with Crippen LogP contribution >= 0.6 is 11.3 Å². The lowest BCUT2D eigenvalue weighted by atomic mass is 9.93. The van der Waals surface area contributed by atoms with Crippen LogP contribution in [0.1, 0.15) is 21.7 Å². The Morgan fingerprint density at radius 2 is 1.91 bits per heavy atom. The van der Waals surface area contributed by atoms with Gasteiger partial charge in [-0.2, -0.15) is 0 Å². The summed E-state index contributed by atoms with van der Waals surface area (Å²) in [5, 5.41) is 3.15. The Morgan fingerprint density at radius 1 is 1.12 bits per heavy atom. The molecule has 33 heavy (non-hydrogen) atoms. The zero-order valence-electron chi connectivity index (χ0n) is 17.5. The number of thiazole rings is 1. The van der Waals surface area contributed by atoms with Gasteiger partial charge in [0.15, 0.2) is 20.7 Å². The summed E-state index contributed by atoms with van der Waals surface area (Å²) >= 11 is 1.18. The first-order chi connectivity index (χ1) is 15.8. The summed E-state index contributed by atoms with van der Waals surface area (Å²) in [6.07, 6.45) is 2.92. The lowest BCUT2D eigenvalue weighted by Gasteiger charge is -2.35. The summed E-state index contributed by atoms with van der Waals surface area (Å²) < 4.78 is 29.6. The minimum Gasteiger partial charge on any atom is -0.459 e. The molecule has 5 rings (SSSR count). The molecule has 2 aromatic carbocycles. The van der Waals surface area contributed by atoms with Gasteiger partial charge in [-0.1, -0.05) is 35.6 Å². The predicted octanol–water partition coefficient (Wildman–Crippen LogP) is 3.50. The Morgan fingerprint density at radius 3 is 2.64 bits per heavy atom. The molecule has 2 amide bonds. The van der Waals surface area contributed by atoms with Crippen LogP contribution in [0.4, 0.5) is 5.13 Å². The van der Waals surface area contributed by atoms with E-state index in [0.29, 0.717) is 21.8 Å². The summed E-state index contributed by atoms with van der Waals surface area (Å²) in [6.45, 7) is 0.283. The van der Waals surface area contributed by atoms with Crippen LogP contribution in [0.3, 0.4) is 0 Å². The lowest BCUT2D eigenvalue weighted by molar-refractivity contribution is -0.121. The molecule has 4 aromatic rings. The molecule has 168 valence electrons. The van der Waals surface area contributed by atoms with Gasteiger partial charge in [0, 0.05) is 19.2 Å². The second-order valence-corrected chi connectivity index (χ2v) is 10.9. The number of aromatic nitrogens is 1. The number of anilines is 1. The van der Waals surface area contributed by atoms with E-state index in [-0.39, 0.29) is 29.0 Å². The van der Waals surface area contributed by atoms with E-state index < -0.39 is 15.9 Å². The molecule has 0 spiro atoms. The third kappa shape index (κ3) is 4.14. The molecule has 1 atom stereocenters. The summed E-state index contributed by atoms with van der Waals surface area (Å²) in [7, 11) is -3.35. The Kier molecular flexibility index (Phi) is 5.26. The lowest BCUT2D eigenvalue weighted by Crippen LogP contribution is -2.50. The van der Waals surface area contributed by atoms with Gasteiger partial charge in [-0.05, 0) is 41.5 Å². The van der Waals surface area contributed by atoms with E-state index >= 15 is 0 Å². The molecule has 10 heteroatoms. The van der Waals surface area contributed by atoms with Crippen LogP contribution in [0.25, 0.3) is 10.2 Å². The van der Waals surface area contributed by atoms with Crippen molar-refractivity contribution in [2.75, 3.05) is 11.6 Å². The molecule has 3 heterocycles. The average molecular weight is 482 g/mol. The van der Waals surface area contributed by atoms with Gasteiger partial charge in [0.2, 0.25) is 5.91 Å². The number of carbonyl (C=O) groups is 2. The van der Waals surface area contributed by atoms with Crippen molar-refractivity contribution >= 4 is 48.3 Å². The van der Waals surface area contributed by atoms with E-state index in [4.69, 9.17) is 4.42 Å². The van der Waals surface area contributed by atoms with Crippen LogP contribution in [0.15, 0.2) is 70.2 Å². The number of hydrogen-bond acceptors (Lipinski definition) is 7. The maximum Gasteiger partial charge on any atom is 0.290 e. The van der Waals surface area contributed by atoms with Crippen molar-refractivity contribution in [2.45, 2.75) is 23.9 Å². The van der Waals surface area contributed by atoms with Crippen LogP contribution in [0, 0.1) is 0 Å². The number of hydrogen-bond donors (Lipinski definition) is 1. The zero-order valence-corrected chi connectivity index (χ0v) is 19.2. The smallest absolute Gasteiger partial charge is 0.290 e. The first-order valence-electron chi connectivity index (χ1n) is 10.1. The van der Waals surface area contributed by atoms with Crippen LogP contribution in [-0.4, -0.2) is 42.4 Å². The highest BCUT2D eigenvalue weighted by Gasteiger charge is 2.36. The van der Waals surface area contributed by atoms with Gasteiger partial charge < -0.3 is 14.6 Å². The maximum absolute atomic E-state index is 13.3. The predicted molar refractivity (Wildman–Crippen MR) is 124 cm³/mol. The molecule has 2 aromatic heterocycles. The molecule has 0 unspecified atom stereocenters. The molecule has 8 nitrogen and oxygen atoms in total. The number of fused-ring (bicyclic) bond motifs is 2. The Hall–Kier alpha value is -3.50. The number of sulfone groups is 1. The van der Waals surface area contributed by atoms with Crippen molar-refractivity contribution in [3.8, 4) is 0 Å². The number of carbonyl (C=O) groups excluding carboxylic acids is 2. The second kappa shape index (κ2) is 8.13. The summed E-state index contributed by atoms with van der Waals surface area (Å²) in [6, 6.07) is 14.8. The first-order valence-corrected chi connectivity index (χ1v) is 12.8. The molecule has 1 aliphatic heterocycles. The second-order valence-electron chi connectivity index (χ2n) is 7.81. The number of furan rings is 1. The van der Waals surface area contributed by atoms with Crippen molar-refractivity contribution in [1.29, 1.82) is 0 Å². The molecule has 0 radical (unpaired) electrons. The number of benzene rings is 2. The largest absolute Gasteiger partial charge is 0.459 e. The first kappa shape index (κ1) is 21.4. The van der Waals surface area contributed by atoms with Crippen LogP contribution < -0.4 is 5.32 Å². The van der Waals surface area contributed by atoms with Crippen LogP contribution in [0.2, 0.25) is 0 Å². The fourth-order valence-electron chi connectivity index (χ4n) is 3.89. The Balaban J connectivity index is 1.44. The quantitative estimate of drug-likeness (QED) is 0.478. The third-order valence-corrected chi connectivity index (χ3v) is 7.61. The molecular formula is C23H19N3O5S2. The van der Waals surface area contributed by atoms with Gasteiger partial charge in [-0.25, -0.2) is 13.4 Å². The molecule has 0 fully saturated rings. The van der Waals surface area contributed by atoms with Crippen molar-refractivity contribution in [3.05, 3.63) is 77.7 Å². The molecule has 1 aliphatic rings. The topological polar surface area (TPSA) is 110 Å². The minimum atomic E-state index is -3.35. The number of nitrogens with one attached hydrogen (secondary N) is 1.